The van der Waals surface area contributed by atoms with Crippen LogP contribution >= 0.6 is 23.2 Å². The molecule has 0 aliphatic heterocycles. The van der Waals surface area contributed by atoms with Gasteiger partial charge in [0, 0.05) is 7.26 Å². The van der Waals surface area contributed by atoms with Crippen LogP contribution in [0, 0.1) is 0 Å². The van der Waals surface area contributed by atoms with Crippen molar-refractivity contribution in [3.05, 3.63) is 0 Å². The Morgan fingerprint density at radius 3 is 1.50 bits per heavy atom. The summed E-state index contributed by atoms with van der Waals surface area (Å²) in [7, 11) is -0.965. The highest BCUT2D eigenvalue weighted by atomic mass is 79.9. The van der Waals surface area contributed by atoms with Crippen LogP contribution in [0.15, 0.2) is 0 Å². The minimum Gasteiger partial charge on any atom is -1.00 e. The molecule has 1 nitrogen and oxygen atoms in total. The highest BCUT2D eigenvalue weighted by Crippen LogP contribution is 2.65. The van der Waals surface area contributed by atoms with Gasteiger partial charge in [0.15, 0.2) is 5.85 Å². The van der Waals surface area contributed by atoms with Crippen LogP contribution in [0.3, 0.4) is 0 Å². The fourth-order valence-electron chi connectivity index (χ4n) is 2.90. The summed E-state index contributed by atoms with van der Waals surface area (Å²) in [6.45, 7) is 10.2. The Labute approximate surface area is 160 Å². The van der Waals surface area contributed by atoms with Gasteiger partial charge in [0.1, 0.15) is 0 Å². The Morgan fingerprint density at radius 1 is 0.773 bits per heavy atom. The molecule has 0 saturated carbocycles. The molecule has 0 aromatic rings. The number of rotatable bonds is 15. The number of ether oxygens (including phenoxy) is 1. The van der Waals surface area contributed by atoms with Crippen LogP contribution in [0.1, 0.15) is 79.1 Å². The molecule has 0 radical (unpaired) electrons. The average molecular weight is 462 g/mol. The number of halogens is 2. The lowest BCUT2D eigenvalue weighted by Crippen LogP contribution is -3.00. The molecule has 1 atom stereocenters. The van der Waals surface area contributed by atoms with Crippen LogP contribution in [-0.2, 0) is 4.74 Å². The van der Waals surface area contributed by atoms with Crippen molar-refractivity contribution in [1.82, 2.24) is 0 Å². The van der Waals surface area contributed by atoms with Crippen LogP contribution in [0.25, 0.3) is 0 Å². The molecule has 0 heterocycles. The number of unbranched alkanes of at least 4 members (excludes halogenated alkanes) is 4. The molecule has 0 rings (SSSR count). The van der Waals surface area contributed by atoms with E-state index in [1.165, 1.54) is 69.9 Å². The van der Waals surface area contributed by atoms with Crippen LogP contribution in [-0.4, -0.2) is 36.3 Å². The van der Waals surface area contributed by atoms with E-state index in [0.29, 0.717) is 5.85 Å². The maximum atomic E-state index is 6.39. The number of alkyl halides is 1. The zero-order valence-electron chi connectivity index (χ0n) is 15.4. The largest absolute Gasteiger partial charge is 1.00 e. The van der Waals surface area contributed by atoms with Crippen molar-refractivity contribution in [3.8, 4) is 0 Å². The van der Waals surface area contributed by atoms with Gasteiger partial charge in [0.05, 0.1) is 30.4 Å². The van der Waals surface area contributed by atoms with E-state index in [2.05, 4.69) is 43.6 Å². The van der Waals surface area contributed by atoms with Gasteiger partial charge in [-0.15, -0.1) is 0 Å². The van der Waals surface area contributed by atoms with E-state index >= 15 is 0 Å². The molecule has 4 heteroatoms. The topological polar surface area (TPSA) is 9.23 Å². The van der Waals surface area contributed by atoms with E-state index in [1.54, 1.807) is 0 Å². The first kappa shape index (κ1) is 25.6. The molecule has 0 fully saturated rings. The molecule has 0 aromatic carbocycles. The smallest absolute Gasteiger partial charge is 0.176 e. The SMILES string of the molecule is CCCCOC(CBr)[P+](CCCC)(CCCC)CCCC.[Br-]. The monoisotopic (exact) mass is 460 g/mol. The quantitative estimate of drug-likeness (QED) is 0.204. The van der Waals surface area contributed by atoms with Gasteiger partial charge in [-0.3, -0.25) is 0 Å². The number of hydrogen-bond acceptors (Lipinski definition) is 1. The van der Waals surface area contributed by atoms with E-state index in [0.717, 1.165) is 11.9 Å². The Bertz CT molecular complexity index is 205. The molecule has 0 saturated heterocycles. The summed E-state index contributed by atoms with van der Waals surface area (Å²) in [6, 6.07) is 0. The normalized spacial score (nSPS) is 13.0. The number of hydrogen-bond donors (Lipinski definition) is 0. The van der Waals surface area contributed by atoms with Crippen molar-refractivity contribution in [2.45, 2.75) is 84.9 Å². The molecule has 0 spiro atoms. The second-order valence-corrected chi connectivity index (χ2v) is 11.3. The fraction of sp³-hybridized carbons (Fsp3) is 1.00. The van der Waals surface area contributed by atoms with Crippen LogP contribution in [0.4, 0.5) is 0 Å². The lowest BCUT2D eigenvalue weighted by atomic mass is 10.4. The van der Waals surface area contributed by atoms with Gasteiger partial charge >= 0.3 is 0 Å². The summed E-state index contributed by atoms with van der Waals surface area (Å²) >= 11 is 3.78. The van der Waals surface area contributed by atoms with E-state index in [-0.39, 0.29) is 17.0 Å². The lowest BCUT2D eigenvalue weighted by molar-refractivity contribution is -0.00000557. The minimum absolute atomic E-state index is 0. The zero-order chi connectivity index (χ0) is 16.0. The van der Waals surface area contributed by atoms with E-state index in [4.69, 9.17) is 4.74 Å². The Kier molecular flexibility index (Phi) is 20.0. The third-order valence-electron chi connectivity index (χ3n) is 4.42. The molecule has 0 bridgehead atoms. The zero-order valence-corrected chi connectivity index (χ0v) is 19.4. The van der Waals surface area contributed by atoms with Gasteiger partial charge < -0.3 is 21.7 Å². The van der Waals surface area contributed by atoms with E-state index < -0.39 is 7.26 Å². The highest BCUT2D eigenvalue weighted by Gasteiger charge is 2.44. The maximum Gasteiger partial charge on any atom is 0.176 e. The highest BCUT2D eigenvalue weighted by molar-refractivity contribution is 9.09. The predicted molar refractivity (Wildman–Crippen MR) is 105 cm³/mol. The van der Waals surface area contributed by atoms with Crippen LogP contribution in [0.5, 0.6) is 0 Å². The molecule has 0 amide bonds. The summed E-state index contributed by atoms with van der Waals surface area (Å²) < 4.78 is 6.39. The van der Waals surface area contributed by atoms with Gasteiger partial charge in [-0.05, 0) is 25.7 Å². The third-order valence-corrected chi connectivity index (χ3v) is 10.7. The Balaban J connectivity index is 0. The van der Waals surface area contributed by atoms with Gasteiger partial charge in [0.25, 0.3) is 0 Å². The standard InChI is InChI=1S/C18H39BrOP.BrH/c1-5-9-13-20-18(17-19)21(14-10-6-2,15-11-7-3)16-12-8-4;/h18H,5-17H2,1-4H3;1H/q+1;/p-1. The summed E-state index contributed by atoms with van der Waals surface area (Å²) in [6.07, 6.45) is 14.9. The summed E-state index contributed by atoms with van der Waals surface area (Å²) in [4.78, 5) is 0. The Morgan fingerprint density at radius 2 is 1.18 bits per heavy atom. The van der Waals surface area contributed by atoms with Crippen molar-refractivity contribution in [1.29, 1.82) is 0 Å². The van der Waals surface area contributed by atoms with Crippen molar-refractivity contribution < 1.29 is 21.7 Å². The first-order valence-corrected chi connectivity index (χ1v) is 12.8. The summed E-state index contributed by atoms with van der Waals surface area (Å²) in [5, 5.41) is 1.04. The Hall–Kier alpha value is 1.35. The lowest BCUT2D eigenvalue weighted by Gasteiger charge is -2.34. The minimum atomic E-state index is -0.965. The van der Waals surface area contributed by atoms with E-state index in [9.17, 15) is 0 Å². The first-order valence-electron chi connectivity index (χ1n) is 9.24. The van der Waals surface area contributed by atoms with E-state index in [1.807, 2.05) is 0 Å². The molecular formula is C18H39Br2OP. The molecule has 136 valence electrons. The van der Waals surface area contributed by atoms with Crippen molar-refractivity contribution in [3.63, 3.8) is 0 Å². The molecule has 1 unspecified atom stereocenters. The molecular weight excluding hydrogens is 423 g/mol. The maximum absolute atomic E-state index is 6.39. The molecule has 0 N–H and O–H groups in total. The van der Waals surface area contributed by atoms with Gasteiger partial charge in [-0.25, -0.2) is 0 Å². The van der Waals surface area contributed by atoms with Gasteiger partial charge in [-0.2, -0.15) is 0 Å². The molecule has 0 aliphatic carbocycles. The van der Waals surface area contributed by atoms with Crippen LogP contribution < -0.4 is 17.0 Å². The van der Waals surface area contributed by atoms with Crippen molar-refractivity contribution in [2.24, 2.45) is 0 Å². The second kappa shape index (κ2) is 17.2. The third kappa shape index (κ3) is 10.3. The molecule has 0 aromatic heterocycles. The summed E-state index contributed by atoms with van der Waals surface area (Å²) in [5.74, 6) is 0.508. The van der Waals surface area contributed by atoms with Crippen molar-refractivity contribution >= 4 is 23.2 Å². The van der Waals surface area contributed by atoms with Crippen LogP contribution in [0.2, 0.25) is 0 Å². The van der Waals surface area contributed by atoms with Gasteiger partial charge in [0.2, 0.25) is 0 Å². The summed E-state index contributed by atoms with van der Waals surface area (Å²) in [5.41, 5.74) is 0. The average Bonchev–Trinajstić information content (AvgIpc) is 2.52. The fourth-order valence-corrected chi connectivity index (χ4v) is 10.0. The second-order valence-electron chi connectivity index (χ2n) is 6.28. The molecule has 22 heavy (non-hydrogen) atoms. The molecule has 0 aliphatic rings. The predicted octanol–water partition coefficient (Wildman–Crippen LogP) is 3.95. The van der Waals surface area contributed by atoms with Gasteiger partial charge in [-0.1, -0.05) is 69.3 Å². The van der Waals surface area contributed by atoms with Crippen molar-refractivity contribution in [2.75, 3.05) is 30.4 Å². The first-order chi connectivity index (χ1) is 10.2.